The maximum absolute atomic E-state index is 11.7. The van der Waals surface area contributed by atoms with Gasteiger partial charge in [-0.1, -0.05) is 15.9 Å². The van der Waals surface area contributed by atoms with Crippen LogP contribution in [-0.2, 0) is 16.0 Å². The fraction of sp³-hybridized carbons (Fsp3) is 0.214. The van der Waals surface area contributed by atoms with Crippen LogP contribution >= 0.6 is 39.0 Å². The van der Waals surface area contributed by atoms with Gasteiger partial charge in [-0.2, -0.15) is 0 Å². The van der Waals surface area contributed by atoms with Crippen LogP contribution in [0.2, 0.25) is 0 Å². The second kappa shape index (κ2) is 8.30. The monoisotopic (exact) mass is 399 g/mol. The van der Waals surface area contributed by atoms with Crippen molar-refractivity contribution in [2.45, 2.75) is 18.2 Å². The number of hydrazine groups is 1. The molecule has 22 heavy (non-hydrogen) atoms. The van der Waals surface area contributed by atoms with Gasteiger partial charge in [-0.3, -0.25) is 20.4 Å². The van der Waals surface area contributed by atoms with E-state index >= 15 is 0 Å². The van der Waals surface area contributed by atoms with E-state index in [1.54, 1.807) is 0 Å². The Labute approximate surface area is 145 Å². The first kappa shape index (κ1) is 17.0. The Morgan fingerprint density at radius 3 is 2.55 bits per heavy atom. The summed E-state index contributed by atoms with van der Waals surface area (Å²) in [4.78, 5) is 28.5. The van der Waals surface area contributed by atoms with Crippen molar-refractivity contribution in [3.05, 3.63) is 44.8 Å². The molecule has 5 nitrogen and oxygen atoms in total. The zero-order chi connectivity index (χ0) is 15.9. The predicted octanol–water partition coefficient (Wildman–Crippen LogP) is 2.70. The van der Waals surface area contributed by atoms with Crippen LogP contribution in [0.25, 0.3) is 0 Å². The Bertz CT molecular complexity index is 658. The van der Waals surface area contributed by atoms with Crippen molar-refractivity contribution < 1.29 is 9.59 Å². The first-order valence-electron chi connectivity index (χ1n) is 6.40. The zero-order valence-corrected chi connectivity index (χ0v) is 15.0. The number of amides is 2. The maximum atomic E-state index is 11.7. The molecule has 1 heterocycles. The molecule has 1 aromatic heterocycles. The molecule has 0 aliphatic carbocycles. The van der Waals surface area contributed by atoms with E-state index < -0.39 is 0 Å². The van der Waals surface area contributed by atoms with Crippen LogP contribution in [0.1, 0.15) is 10.7 Å². The second-order valence-electron chi connectivity index (χ2n) is 4.40. The topological polar surface area (TPSA) is 71.1 Å². The fourth-order valence-corrected chi connectivity index (χ4v) is 3.25. The van der Waals surface area contributed by atoms with Gasteiger partial charge in [0.05, 0.1) is 12.2 Å². The summed E-state index contributed by atoms with van der Waals surface area (Å²) in [5.41, 5.74) is 5.68. The number of aromatic nitrogens is 1. The number of carbonyl (C=O) groups is 2. The highest BCUT2D eigenvalue weighted by Gasteiger charge is 2.08. The van der Waals surface area contributed by atoms with Gasteiger partial charge in [-0.05, 0) is 31.2 Å². The minimum Gasteiger partial charge on any atom is -0.273 e. The number of thioether (sulfide) groups is 1. The lowest BCUT2D eigenvalue weighted by molar-refractivity contribution is -0.127. The standard InChI is InChI=1S/C14H14BrN3O2S2/c1-9-7-22-14(16-9)6-12(19)17-18-13(20)8-21-11-4-2-10(15)3-5-11/h2-5,7H,6,8H2,1H3,(H,17,19)(H,18,20). The van der Waals surface area contributed by atoms with Crippen molar-refractivity contribution in [2.24, 2.45) is 0 Å². The number of benzene rings is 1. The molecular formula is C14H14BrN3O2S2. The lowest BCUT2D eigenvalue weighted by Gasteiger charge is -2.06. The van der Waals surface area contributed by atoms with Crippen LogP contribution in [0.15, 0.2) is 39.0 Å². The van der Waals surface area contributed by atoms with E-state index in [4.69, 9.17) is 0 Å². The van der Waals surface area contributed by atoms with Crippen molar-refractivity contribution in [3.63, 3.8) is 0 Å². The summed E-state index contributed by atoms with van der Waals surface area (Å²) in [6.45, 7) is 1.87. The molecule has 0 aliphatic rings. The lowest BCUT2D eigenvalue weighted by Crippen LogP contribution is -2.43. The number of hydrogen-bond acceptors (Lipinski definition) is 5. The van der Waals surface area contributed by atoms with E-state index in [-0.39, 0.29) is 24.0 Å². The van der Waals surface area contributed by atoms with Gasteiger partial charge < -0.3 is 0 Å². The first-order valence-corrected chi connectivity index (χ1v) is 9.06. The molecule has 2 aromatic rings. The number of rotatable bonds is 5. The van der Waals surface area contributed by atoms with Gasteiger partial charge in [0.15, 0.2) is 0 Å². The van der Waals surface area contributed by atoms with Crippen molar-refractivity contribution >= 4 is 50.8 Å². The summed E-state index contributed by atoms with van der Waals surface area (Å²) >= 11 is 6.18. The van der Waals surface area contributed by atoms with Gasteiger partial charge >= 0.3 is 0 Å². The number of thiazole rings is 1. The molecule has 2 amide bonds. The molecule has 8 heteroatoms. The van der Waals surface area contributed by atoms with Gasteiger partial charge in [0.2, 0.25) is 11.8 Å². The van der Waals surface area contributed by atoms with Gasteiger partial charge in [0.1, 0.15) is 5.01 Å². The third-order valence-electron chi connectivity index (χ3n) is 2.50. The summed E-state index contributed by atoms with van der Waals surface area (Å²) in [7, 11) is 0. The summed E-state index contributed by atoms with van der Waals surface area (Å²) < 4.78 is 0.992. The molecule has 0 aliphatic heterocycles. The number of halogens is 1. The molecule has 0 saturated heterocycles. The zero-order valence-electron chi connectivity index (χ0n) is 11.8. The molecule has 0 atom stereocenters. The summed E-state index contributed by atoms with van der Waals surface area (Å²) in [6.07, 6.45) is 0.165. The van der Waals surface area contributed by atoms with Gasteiger partial charge in [-0.15, -0.1) is 23.1 Å². The largest absolute Gasteiger partial charge is 0.273 e. The van der Waals surface area contributed by atoms with E-state index in [0.717, 1.165) is 20.1 Å². The molecule has 2 N–H and O–H groups in total. The Morgan fingerprint density at radius 2 is 1.91 bits per heavy atom. The Kier molecular flexibility index (Phi) is 6.41. The summed E-state index contributed by atoms with van der Waals surface area (Å²) in [5.74, 6) is -0.300. The van der Waals surface area contributed by atoms with E-state index in [1.807, 2.05) is 36.6 Å². The van der Waals surface area contributed by atoms with E-state index in [9.17, 15) is 9.59 Å². The van der Waals surface area contributed by atoms with Crippen LogP contribution in [0, 0.1) is 6.92 Å². The second-order valence-corrected chi connectivity index (χ2v) is 7.31. The van der Waals surface area contributed by atoms with Crippen LogP contribution in [0.4, 0.5) is 0 Å². The van der Waals surface area contributed by atoms with Crippen molar-refractivity contribution in [1.29, 1.82) is 0 Å². The van der Waals surface area contributed by atoms with Crippen LogP contribution in [0.3, 0.4) is 0 Å². The molecule has 0 fully saturated rings. The average molecular weight is 400 g/mol. The normalized spacial score (nSPS) is 10.3. The SMILES string of the molecule is Cc1csc(CC(=O)NNC(=O)CSc2ccc(Br)cc2)n1. The Morgan fingerprint density at radius 1 is 1.23 bits per heavy atom. The van der Waals surface area contributed by atoms with E-state index in [0.29, 0.717) is 0 Å². The highest BCUT2D eigenvalue weighted by atomic mass is 79.9. The third-order valence-corrected chi connectivity index (χ3v) is 5.01. The molecule has 116 valence electrons. The predicted molar refractivity (Wildman–Crippen MR) is 91.7 cm³/mol. The highest BCUT2D eigenvalue weighted by Crippen LogP contribution is 2.20. The van der Waals surface area contributed by atoms with Gasteiger partial charge in [-0.25, -0.2) is 4.98 Å². The molecule has 2 rings (SSSR count). The first-order chi connectivity index (χ1) is 10.5. The van der Waals surface area contributed by atoms with Crippen LogP contribution < -0.4 is 10.9 Å². The van der Waals surface area contributed by atoms with E-state index in [1.165, 1.54) is 23.1 Å². The van der Waals surface area contributed by atoms with Crippen molar-refractivity contribution in [1.82, 2.24) is 15.8 Å². The fourth-order valence-electron chi connectivity index (χ4n) is 1.52. The highest BCUT2D eigenvalue weighted by molar-refractivity contribution is 9.10. The third kappa shape index (κ3) is 5.78. The molecule has 1 aromatic carbocycles. The number of aryl methyl sites for hydroxylation is 1. The Balaban J connectivity index is 1.68. The van der Waals surface area contributed by atoms with Crippen molar-refractivity contribution in [2.75, 3.05) is 5.75 Å². The smallest absolute Gasteiger partial charge is 0.248 e. The minimum atomic E-state index is -0.281. The minimum absolute atomic E-state index is 0.165. The molecule has 0 spiro atoms. The lowest BCUT2D eigenvalue weighted by atomic mass is 10.4. The molecule has 0 saturated carbocycles. The molecule has 0 bridgehead atoms. The van der Waals surface area contributed by atoms with Crippen LogP contribution in [0.5, 0.6) is 0 Å². The Hall–Kier alpha value is -1.38. The number of nitrogens with one attached hydrogen (secondary N) is 2. The van der Waals surface area contributed by atoms with Gasteiger partial charge in [0.25, 0.3) is 0 Å². The summed E-state index contributed by atoms with van der Waals surface area (Å²) in [5, 5.41) is 2.62. The van der Waals surface area contributed by atoms with Crippen molar-refractivity contribution in [3.8, 4) is 0 Å². The summed E-state index contributed by atoms with van der Waals surface area (Å²) in [6, 6.07) is 7.67. The quantitative estimate of drug-likeness (QED) is 0.598. The molecular weight excluding hydrogens is 386 g/mol. The average Bonchev–Trinajstić information content (AvgIpc) is 2.89. The molecule has 0 unspecified atom stereocenters. The van der Waals surface area contributed by atoms with Gasteiger partial charge in [0, 0.05) is 20.4 Å². The molecule has 0 radical (unpaired) electrons. The van der Waals surface area contributed by atoms with E-state index in [2.05, 4.69) is 31.8 Å². The number of hydrogen-bond donors (Lipinski definition) is 2. The van der Waals surface area contributed by atoms with Crippen LogP contribution in [-0.4, -0.2) is 22.6 Å². The maximum Gasteiger partial charge on any atom is 0.248 e. The number of carbonyl (C=O) groups excluding carboxylic acids is 2. The number of nitrogens with zero attached hydrogens (tertiary/aromatic N) is 1.